The van der Waals surface area contributed by atoms with Gasteiger partial charge in [-0.05, 0) is 30.3 Å². The Labute approximate surface area is 227 Å². The van der Waals surface area contributed by atoms with E-state index < -0.39 is 11.0 Å². The molecule has 3 aromatic heterocycles. The van der Waals surface area contributed by atoms with Crippen LogP contribution in [0.15, 0.2) is 48.9 Å². The average molecular weight is 555 g/mol. The molecule has 1 spiro atoms. The molecular weight excluding hydrogens is 531 g/mol. The van der Waals surface area contributed by atoms with Crippen molar-refractivity contribution in [1.82, 2.24) is 24.5 Å². The number of ether oxygens (including phenoxy) is 1. The summed E-state index contributed by atoms with van der Waals surface area (Å²) in [6, 6.07) is 9.84. The second kappa shape index (κ2) is 10.3. The Kier molecular flexibility index (Phi) is 7.10. The molecule has 0 amide bonds. The van der Waals surface area contributed by atoms with Crippen molar-refractivity contribution in [3.05, 3.63) is 64.5 Å². The Morgan fingerprint density at radius 2 is 1.81 bits per heavy atom. The predicted molar refractivity (Wildman–Crippen MR) is 148 cm³/mol. The van der Waals surface area contributed by atoms with Gasteiger partial charge in [0.25, 0.3) is 0 Å². The number of hydrogen-bond donors (Lipinski definition) is 1. The van der Waals surface area contributed by atoms with Crippen molar-refractivity contribution >= 4 is 50.9 Å². The van der Waals surface area contributed by atoms with E-state index in [2.05, 4.69) is 32.9 Å². The Morgan fingerprint density at radius 3 is 2.46 bits per heavy atom. The van der Waals surface area contributed by atoms with Crippen LogP contribution in [0, 0.1) is 18.3 Å². The SMILES string of the molecule is C#C.CS(=O)N1CC2(CN(c3ccc(-c4n[nH]c5ccc(OCc6c(Cl)cncc6Cl)cc45)cn3)C2)C1. The van der Waals surface area contributed by atoms with Gasteiger partial charge in [0.1, 0.15) is 23.9 Å². The Balaban J connectivity index is 0.00000137. The van der Waals surface area contributed by atoms with E-state index in [0.29, 0.717) is 21.4 Å². The monoisotopic (exact) mass is 554 g/mol. The molecule has 0 radical (unpaired) electrons. The molecule has 2 aliphatic heterocycles. The van der Waals surface area contributed by atoms with Gasteiger partial charge in [0.2, 0.25) is 0 Å². The fourth-order valence-corrected chi connectivity index (χ4v) is 6.14. The fourth-order valence-electron chi connectivity index (χ4n) is 4.76. The number of nitrogens with zero attached hydrogens (tertiary/aromatic N) is 5. The zero-order valence-corrected chi connectivity index (χ0v) is 22.4. The molecule has 2 saturated heterocycles. The maximum atomic E-state index is 11.6. The lowest BCUT2D eigenvalue weighted by Gasteiger charge is -2.59. The van der Waals surface area contributed by atoms with Gasteiger partial charge in [-0.3, -0.25) is 10.1 Å². The van der Waals surface area contributed by atoms with Gasteiger partial charge >= 0.3 is 0 Å². The summed E-state index contributed by atoms with van der Waals surface area (Å²) in [5.74, 6) is 1.63. The van der Waals surface area contributed by atoms with Crippen LogP contribution in [0.2, 0.25) is 10.0 Å². The number of halogens is 2. The standard InChI is InChI=1S/C24H22Cl2N6O2S.C2H2/c1-35(33)32-13-24(14-32)11-31(12-24)22-5-2-15(7-28-22)23-17-6-16(3-4-21(17)29-30-23)34-10-18-19(25)8-27-9-20(18)26;1-2/h2-9H,10-14H2,1H3,(H,29,30);1-2H. The average Bonchev–Trinajstić information content (AvgIpc) is 3.27. The highest BCUT2D eigenvalue weighted by Gasteiger charge is 2.53. The van der Waals surface area contributed by atoms with Crippen molar-refractivity contribution < 1.29 is 8.95 Å². The molecule has 4 aromatic rings. The summed E-state index contributed by atoms with van der Waals surface area (Å²) in [7, 11) is -0.875. The lowest BCUT2D eigenvalue weighted by atomic mass is 9.74. The van der Waals surface area contributed by atoms with E-state index in [1.807, 2.05) is 40.8 Å². The number of aromatic amines is 1. The lowest BCUT2D eigenvalue weighted by molar-refractivity contribution is 0.0434. The van der Waals surface area contributed by atoms with Crippen molar-refractivity contribution in [3.63, 3.8) is 0 Å². The van der Waals surface area contributed by atoms with Crippen molar-refractivity contribution in [2.24, 2.45) is 5.41 Å². The molecule has 5 heterocycles. The molecule has 1 atom stereocenters. The van der Waals surface area contributed by atoms with Crippen molar-refractivity contribution in [2.45, 2.75) is 6.61 Å². The van der Waals surface area contributed by atoms with E-state index in [4.69, 9.17) is 32.9 Å². The normalized spacial score (nSPS) is 16.9. The van der Waals surface area contributed by atoms with E-state index in [1.165, 1.54) is 0 Å². The van der Waals surface area contributed by atoms with Crippen molar-refractivity contribution in [3.8, 4) is 29.9 Å². The first-order chi connectivity index (χ1) is 17.9. The Bertz CT molecular complexity index is 1460. The molecule has 0 bridgehead atoms. The second-order valence-corrected chi connectivity index (χ2v) is 11.3. The number of H-pyrrole nitrogens is 1. The lowest BCUT2D eigenvalue weighted by Crippen LogP contribution is -2.72. The van der Waals surface area contributed by atoms with Gasteiger partial charge in [-0.25, -0.2) is 13.5 Å². The summed E-state index contributed by atoms with van der Waals surface area (Å²) >= 11 is 12.4. The highest BCUT2D eigenvalue weighted by atomic mass is 35.5. The molecule has 11 heteroatoms. The maximum absolute atomic E-state index is 11.6. The van der Waals surface area contributed by atoms with E-state index in [9.17, 15) is 4.21 Å². The second-order valence-electron chi connectivity index (χ2n) is 9.13. The number of aromatic nitrogens is 4. The van der Waals surface area contributed by atoms with E-state index in [1.54, 1.807) is 18.6 Å². The molecular formula is C26H24Cl2N6O2S. The van der Waals surface area contributed by atoms with Gasteiger partial charge in [-0.15, -0.1) is 12.8 Å². The quantitative estimate of drug-likeness (QED) is 0.351. The number of rotatable bonds is 6. The molecule has 1 aromatic carbocycles. The summed E-state index contributed by atoms with van der Waals surface area (Å²) in [4.78, 5) is 10.9. The minimum Gasteiger partial charge on any atom is -0.489 e. The van der Waals surface area contributed by atoms with E-state index in [-0.39, 0.29) is 12.0 Å². The molecule has 2 fully saturated rings. The van der Waals surface area contributed by atoms with Crippen LogP contribution in [0.4, 0.5) is 5.82 Å². The number of pyridine rings is 2. The zero-order valence-electron chi connectivity index (χ0n) is 20.0. The van der Waals surface area contributed by atoms with Crippen LogP contribution in [0.1, 0.15) is 5.56 Å². The summed E-state index contributed by atoms with van der Waals surface area (Å²) in [6.45, 7) is 3.93. The van der Waals surface area contributed by atoms with Gasteiger partial charge in [-0.2, -0.15) is 5.10 Å². The molecule has 6 rings (SSSR count). The number of benzene rings is 1. The molecule has 2 aliphatic rings. The number of terminal acetylenes is 1. The van der Waals surface area contributed by atoms with Crippen LogP contribution < -0.4 is 9.64 Å². The largest absolute Gasteiger partial charge is 0.489 e. The first kappa shape index (κ1) is 25.5. The topological polar surface area (TPSA) is 87.2 Å². The highest BCUT2D eigenvalue weighted by Crippen LogP contribution is 2.42. The molecule has 37 heavy (non-hydrogen) atoms. The Morgan fingerprint density at radius 1 is 1.08 bits per heavy atom. The third kappa shape index (κ3) is 4.90. The van der Waals surface area contributed by atoms with Crippen molar-refractivity contribution in [1.29, 1.82) is 0 Å². The molecule has 0 aliphatic carbocycles. The molecule has 1 unspecified atom stereocenters. The number of fused-ring (bicyclic) bond motifs is 1. The molecule has 0 saturated carbocycles. The van der Waals surface area contributed by atoms with Crippen molar-refractivity contribution in [2.75, 3.05) is 37.3 Å². The summed E-state index contributed by atoms with van der Waals surface area (Å²) in [5, 5.41) is 9.47. The van der Waals surface area contributed by atoms with Gasteiger partial charge in [0.15, 0.2) is 0 Å². The summed E-state index contributed by atoms with van der Waals surface area (Å²) in [5.41, 5.74) is 3.60. The fraction of sp³-hybridized carbons (Fsp3) is 0.269. The smallest absolute Gasteiger partial charge is 0.128 e. The third-order valence-electron chi connectivity index (χ3n) is 6.65. The first-order valence-corrected chi connectivity index (χ1v) is 13.7. The first-order valence-electron chi connectivity index (χ1n) is 11.4. The maximum Gasteiger partial charge on any atom is 0.128 e. The molecule has 8 nitrogen and oxygen atoms in total. The predicted octanol–water partition coefficient (Wildman–Crippen LogP) is 4.57. The number of anilines is 1. The number of nitrogens with one attached hydrogen (secondary N) is 1. The van der Waals surface area contributed by atoms with E-state index in [0.717, 1.165) is 54.2 Å². The summed E-state index contributed by atoms with van der Waals surface area (Å²) in [6.07, 6.45) is 14.7. The summed E-state index contributed by atoms with van der Waals surface area (Å²) < 4.78 is 19.6. The van der Waals surface area contributed by atoms with Gasteiger partial charge in [0.05, 0.1) is 26.5 Å². The minimum absolute atomic E-state index is 0.235. The Hall–Kier alpha value is -3.16. The van der Waals surface area contributed by atoms with Gasteiger partial charge < -0.3 is 9.64 Å². The van der Waals surface area contributed by atoms with Crippen LogP contribution in [-0.2, 0) is 17.6 Å². The molecule has 1 N–H and O–H groups in total. The van der Waals surface area contributed by atoms with Crippen LogP contribution >= 0.6 is 23.2 Å². The van der Waals surface area contributed by atoms with E-state index >= 15 is 0 Å². The third-order valence-corrected chi connectivity index (χ3v) is 8.29. The van der Waals surface area contributed by atoms with Crippen LogP contribution in [0.5, 0.6) is 5.75 Å². The highest BCUT2D eigenvalue weighted by molar-refractivity contribution is 7.81. The van der Waals surface area contributed by atoms with Gasteiger partial charge in [0, 0.05) is 73.0 Å². The molecule has 190 valence electrons. The van der Waals surface area contributed by atoms with Crippen LogP contribution in [-0.4, -0.2) is 61.1 Å². The zero-order chi connectivity index (χ0) is 26.2. The van der Waals surface area contributed by atoms with Crippen LogP contribution in [0.25, 0.3) is 22.2 Å². The minimum atomic E-state index is -0.875. The number of hydrogen-bond acceptors (Lipinski definition) is 6. The van der Waals surface area contributed by atoms with Crippen LogP contribution in [0.3, 0.4) is 0 Å². The van der Waals surface area contributed by atoms with Gasteiger partial charge in [-0.1, -0.05) is 23.2 Å².